The Labute approximate surface area is 114 Å². The molecule has 1 aromatic rings. The van der Waals surface area contributed by atoms with E-state index in [2.05, 4.69) is 15.8 Å². The summed E-state index contributed by atoms with van der Waals surface area (Å²) in [5, 5.41) is 17.3. The first-order chi connectivity index (χ1) is 9.65. The van der Waals surface area contributed by atoms with Gasteiger partial charge in [0.15, 0.2) is 5.76 Å². The van der Waals surface area contributed by atoms with Gasteiger partial charge in [-0.3, -0.25) is 19.8 Å². The minimum Gasteiger partial charge on any atom is -0.400 e. The van der Waals surface area contributed by atoms with Crippen LogP contribution in [0, 0.1) is 10.1 Å². The van der Waals surface area contributed by atoms with E-state index in [1.165, 1.54) is 18.3 Å². The lowest BCUT2D eigenvalue weighted by Crippen LogP contribution is -2.47. The zero-order chi connectivity index (χ0) is 14.4. The van der Waals surface area contributed by atoms with Crippen molar-refractivity contribution in [3.05, 3.63) is 28.0 Å². The second-order valence-electron chi connectivity index (χ2n) is 4.25. The van der Waals surface area contributed by atoms with Gasteiger partial charge >= 0.3 is 5.88 Å². The molecule has 0 bridgehead atoms. The number of amides is 1. The minimum atomic E-state index is -0.639. The molecule has 9 nitrogen and oxygen atoms in total. The van der Waals surface area contributed by atoms with Crippen molar-refractivity contribution >= 4 is 18.0 Å². The predicted molar refractivity (Wildman–Crippen MR) is 70.4 cm³/mol. The number of piperazine rings is 1. The standard InChI is InChI=1S/C11H15N5O4/c17-10(8-15-5-3-12-4-6-15)14-13-7-9-1-2-11(20-9)16(18)19/h1-2,7,12H,3-6,8H2,(H,14,17)/b13-7+. The van der Waals surface area contributed by atoms with Gasteiger partial charge in [-0.2, -0.15) is 5.10 Å². The van der Waals surface area contributed by atoms with E-state index in [4.69, 9.17) is 4.42 Å². The van der Waals surface area contributed by atoms with Crippen molar-refractivity contribution in [2.45, 2.75) is 0 Å². The highest BCUT2D eigenvalue weighted by atomic mass is 16.6. The summed E-state index contributed by atoms with van der Waals surface area (Å²) in [6, 6.07) is 2.63. The maximum Gasteiger partial charge on any atom is 0.433 e. The highest BCUT2D eigenvalue weighted by molar-refractivity contribution is 5.81. The Kier molecular flexibility index (Phi) is 4.80. The molecule has 9 heteroatoms. The molecule has 0 spiro atoms. The van der Waals surface area contributed by atoms with Crippen LogP contribution in [-0.2, 0) is 4.79 Å². The average molecular weight is 281 g/mol. The largest absolute Gasteiger partial charge is 0.433 e. The Bertz CT molecular complexity index is 507. The van der Waals surface area contributed by atoms with Gasteiger partial charge in [0.05, 0.1) is 18.8 Å². The fraction of sp³-hybridized carbons (Fsp3) is 0.455. The third kappa shape index (κ3) is 4.14. The molecule has 0 aromatic carbocycles. The highest BCUT2D eigenvalue weighted by Crippen LogP contribution is 2.13. The molecule has 1 aliphatic rings. The van der Waals surface area contributed by atoms with Crippen molar-refractivity contribution in [2.75, 3.05) is 32.7 Å². The van der Waals surface area contributed by atoms with Gasteiger partial charge in [0, 0.05) is 26.2 Å². The number of carbonyl (C=O) groups excluding carboxylic acids is 1. The van der Waals surface area contributed by atoms with Crippen LogP contribution in [0.3, 0.4) is 0 Å². The van der Waals surface area contributed by atoms with Crippen molar-refractivity contribution in [2.24, 2.45) is 5.10 Å². The van der Waals surface area contributed by atoms with Crippen LogP contribution in [0.15, 0.2) is 21.7 Å². The minimum absolute atomic E-state index is 0.208. The van der Waals surface area contributed by atoms with Crippen molar-refractivity contribution in [1.29, 1.82) is 0 Å². The molecule has 1 amide bonds. The summed E-state index contributed by atoms with van der Waals surface area (Å²) < 4.78 is 4.86. The third-order valence-electron chi connectivity index (χ3n) is 2.75. The van der Waals surface area contributed by atoms with Gasteiger partial charge in [0.1, 0.15) is 4.92 Å². The lowest BCUT2D eigenvalue weighted by molar-refractivity contribution is -0.402. The lowest BCUT2D eigenvalue weighted by atomic mass is 10.3. The second kappa shape index (κ2) is 6.78. The molecule has 1 aliphatic heterocycles. The number of hydrazone groups is 1. The van der Waals surface area contributed by atoms with Gasteiger partial charge in [0.25, 0.3) is 5.91 Å². The van der Waals surface area contributed by atoms with Crippen LogP contribution in [0.2, 0.25) is 0 Å². The number of hydrogen-bond acceptors (Lipinski definition) is 7. The Balaban J connectivity index is 1.76. The number of nitrogens with zero attached hydrogens (tertiary/aromatic N) is 3. The summed E-state index contributed by atoms with van der Waals surface area (Å²) in [4.78, 5) is 23.4. The van der Waals surface area contributed by atoms with E-state index < -0.39 is 4.92 Å². The molecule has 20 heavy (non-hydrogen) atoms. The monoisotopic (exact) mass is 281 g/mol. The molecule has 108 valence electrons. The smallest absolute Gasteiger partial charge is 0.400 e. The number of carbonyl (C=O) groups is 1. The van der Waals surface area contributed by atoms with Crippen LogP contribution in [0.25, 0.3) is 0 Å². The third-order valence-corrected chi connectivity index (χ3v) is 2.75. The summed E-state index contributed by atoms with van der Waals surface area (Å²) in [7, 11) is 0. The van der Waals surface area contributed by atoms with E-state index >= 15 is 0 Å². The van der Waals surface area contributed by atoms with Gasteiger partial charge in [-0.25, -0.2) is 5.43 Å². The molecule has 1 fully saturated rings. The van der Waals surface area contributed by atoms with E-state index in [0.717, 1.165) is 26.2 Å². The van der Waals surface area contributed by atoms with Gasteiger partial charge < -0.3 is 9.73 Å². The maximum absolute atomic E-state index is 11.6. The van der Waals surface area contributed by atoms with Crippen LogP contribution >= 0.6 is 0 Å². The number of nitro groups is 1. The summed E-state index contributed by atoms with van der Waals surface area (Å²) in [6.45, 7) is 3.65. The number of furan rings is 1. The summed E-state index contributed by atoms with van der Waals surface area (Å²) in [5.74, 6) is -0.387. The van der Waals surface area contributed by atoms with Crippen LogP contribution in [0.4, 0.5) is 5.88 Å². The van der Waals surface area contributed by atoms with E-state index in [0.29, 0.717) is 0 Å². The van der Waals surface area contributed by atoms with E-state index in [9.17, 15) is 14.9 Å². The zero-order valence-electron chi connectivity index (χ0n) is 10.7. The van der Waals surface area contributed by atoms with Gasteiger partial charge in [-0.1, -0.05) is 0 Å². The Morgan fingerprint density at radius 3 is 2.95 bits per heavy atom. The topological polar surface area (TPSA) is 113 Å². The predicted octanol–water partition coefficient (Wildman–Crippen LogP) is -0.457. The summed E-state index contributed by atoms with van der Waals surface area (Å²) >= 11 is 0. The fourth-order valence-corrected chi connectivity index (χ4v) is 1.79. The molecule has 0 radical (unpaired) electrons. The van der Waals surface area contributed by atoms with Crippen molar-refractivity contribution in [1.82, 2.24) is 15.6 Å². The first kappa shape index (κ1) is 14.2. The summed E-state index contributed by atoms with van der Waals surface area (Å²) in [5.41, 5.74) is 2.36. The molecule has 0 unspecified atom stereocenters. The Morgan fingerprint density at radius 1 is 1.55 bits per heavy atom. The van der Waals surface area contributed by atoms with Crippen molar-refractivity contribution < 1.29 is 14.1 Å². The fourth-order valence-electron chi connectivity index (χ4n) is 1.79. The molecule has 2 heterocycles. The molecular weight excluding hydrogens is 266 g/mol. The quantitative estimate of drug-likeness (QED) is 0.429. The molecule has 1 saturated heterocycles. The highest BCUT2D eigenvalue weighted by Gasteiger charge is 2.13. The first-order valence-corrected chi connectivity index (χ1v) is 6.14. The molecular formula is C11H15N5O4. The van der Waals surface area contributed by atoms with Gasteiger partial charge in [0.2, 0.25) is 0 Å². The van der Waals surface area contributed by atoms with Gasteiger partial charge in [-0.15, -0.1) is 0 Å². The maximum atomic E-state index is 11.6. The van der Waals surface area contributed by atoms with Crippen molar-refractivity contribution in [3.8, 4) is 0 Å². The molecule has 0 saturated carbocycles. The Hall–Kier alpha value is -2.26. The molecule has 1 aromatic heterocycles. The molecule has 0 atom stereocenters. The first-order valence-electron chi connectivity index (χ1n) is 6.14. The van der Waals surface area contributed by atoms with E-state index in [-0.39, 0.29) is 24.1 Å². The van der Waals surface area contributed by atoms with Crippen LogP contribution < -0.4 is 10.7 Å². The second-order valence-corrected chi connectivity index (χ2v) is 4.25. The molecule has 2 rings (SSSR count). The number of hydrogen-bond donors (Lipinski definition) is 2. The Morgan fingerprint density at radius 2 is 2.30 bits per heavy atom. The van der Waals surface area contributed by atoms with E-state index in [1.807, 2.05) is 4.90 Å². The van der Waals surface area contributed by atoms with Crippen LogP contribution in [0.5, 0.6) is 0 Å². The number of rotatable bonds is 5. The van der Waals surface area contributed by atoms with Gasteiger partial charge in [-0.05, 0) is 6.07 Å². The summed E-state index contributed by atoms with van der Waals surface area (Å²) in [6.07, 6.45) is 1.22. The lowest BCUT2D eigenvalue weighted by Gasteiger charge is -2.25. The van der Waals surface area contributed by atoms with Crippen molar-refractivity contribution in [3.63, 3.8) is 0 Å². The van der Waals surface area contributed by atoms with Crippen LogP contribution in [-0.4, -0.2) is 54.7 Å². The average Bonchev–Trinajstić information content (AvgIpc) is 2.89. The molecule has 0 aliphatic carbocycles. The SMILES string of the molecule is O=C(CN1CCNCC1)N/N=C/c1ccc([N+](=O)[O-])o1. The normalized spacial score (nSPS) is 16.4. The molecule has 2 N–H and O–H groups in total. The van der Waals surface area contributed by atoms with Crippen LogP contribution in [0.1, 0.15) is 5.76 Å². The number of nitrogens with one attached hydrogen (secondary N) is 2. The van der Waals surface area contributed by atoms with E-state index in [1.54, 1.807) is 0 Å². The zero-order valence-corrected chi connectivity index (χ0v) is 10.7.